The van der Waals surface area contributed by atoms with E-state index in [2.05, 4.69) is 31.4 Å². The van der Waals surface area contributed by atoms with E-state index < -0.39 is 0 Å². The molecule has 0 saturated carbocycles. The smallest absolute Gasteiger partial charge is 0.0633 e. The zero-order chi connectivity index (χ0) is 10.1. The summed E-state index contributed by atoms with van der Waals surface area (Å²) in [5.74, 6) is 0. The minimum atomic E-state index is 0.944. The summed E-state index contributed by atoms with van der Waals surface area (Å²) in [6.07, 6.45) is 3.15. The Morgan fingerprint density at radius 3 is 2.86 bits per heavy atom. The van der Waals surface area contributed by atoms with Gasteiger partial charge in [0.2, 0.25) is 0 Å². The van der Waals surface area contributed by atoms with Crippen molar-refractivity contribution < 1.29 is 0 Å². The monoisotopic (exact) mass is 223 g/mol. The molecule has 0 bridgehead atoms. The summed E-state index contributed by atoms with van der Waals surface area (Å²) in [7, 11) is 0. The van der Waals surface area contributed by atoms with Crippen molar-refractivity contribution in [3.05, 3.63) is 23.1 Å². The highest BCUT2D eigenvalue weighted by atomic mass is 32.2. The number of thioether (sulfide) groups is 1. The number of rotatable bonds is 2. The molecule has 2 rings (SSSR count). The van der Waals surface area contributed by atoms with Gasteiger partial charge in [0, 0.05) is 9.77 Å². The van der Waals surface area contributed by atoms with Gasteiger partial charge in [0.15, 0.2) is 0 Å². The lowest BCUT2D eigenvalue weighted by Gasteiger charge is -2.02. The molecular formula is C11H13NS2. The summed E-state index contributed by atoms with van der Waals surface area (Å²) in [6, 6.07) is 6.50. The van der Waals surface area contributed by atoms with Crippen LogP contribution < -0.4 is 5.73 Å². The van der Waals surface area contributed by atoms with Gasteiger partial charge in [-0.25, -0.2) is 0 Å². The lowest BCUT2D eigenvalue weighted by Crippen LogP contribution is -1.87. The molecular weight excluding hydrogens is 210 g/mol. The highest BCUT2D eigenvalue weighted by Gasteiger charge is 2.06. The molecule has 0 aliphatic heterocycles. The molecule has 0 amide bonds. The van der Waals surface area contributed by atoms with E-state index in [0.717, 1.165) is 12.1 Å². The van der Waals surface area contributed by atoms with Crippen LogP contribution in [0.25, 0.3) is 10.1 Å². The van der Waals surface area contributed by atoms with Crippen LogP contribution >= 0.6 is 23.1 Å². The van der Waals surface area contributed by atoms with Crippen molar-refractivity contribution in [3.63, 3.8) is 0 Å². The molecule has 0 aliphatic rings. The van der Waals surface area contributed by atoms with Crippen LogP contribution in [-0.2, 0) is 6.42 Å². The van der Waals surface area contributed by atoms with Gasteiger partial charge in [-0.2, -0.15) is 0 Å². The maximum absolute atomic E-state index is 6.09. The summed E-state index contributed by atoms with van der Waals surface area (Å²) in [4.78, 5) is 2.59. The Hall–Kier alpha value is -0.670. The SMILES string of the molecule is CCc1cc2ccc(SC)c(N)c2s1. The minimum Gasteiger partial charge on any atom is -0.397 e. The lowest BCUT2D eigenvalue weighted by molar-refractivity contribution is 1.19. The highest BCUT2D eigenvalue weighted by Crippen LogP contribution is 2.36. The Bertz CT molecular complexity index is 460. The largest absolute Gasteiger partial charge is 0.397 e. The van der Waals surface area contributed by atoms with E-state index >= 15 is 0 Å². The van der Waals surface area contributed by atoms with Gasteiger partial charge in [0.25, 0.3) is 0 Å². The summed E-state index contributed by atoms with van der Waals surface area (Å²) in [6.45, 7) is 2.18. The van der Waals surface area contributed by atoms with Crippen LogP contribution in [0.1, 0.15) is 11.8 Å². The normalized spacial score (nSPS) is 11.0. The molecule has 1 aromatic heterocycles. The van der Waals surface area contributed by atoms with Crippen LogP contribution in [0.5, 0.6) is 0 Å². The Kier molecular flexibility index (Phi) is 2.70. The number of aryl methyl sites for hydroxylation is 1. The predicted octanol–water partition coefficient (Wildman–Crippen LogP) is 3.77. The minimum absolute atomic E-state index is 0.944. The van der Waals surface area contributed by atoms with Crippen molar-refractivity contribution in [2.45, 2.75) is 18.2 Å². The summed E-state index contributed by atoms with van der Waals surface area (Å²) in [5.41, 5.74) is 7.03. The van der Waals surface area contributed by atoms with E-state index in [1.165, 1.54) is 19.9 Å². The molecule has 0 radical (unpaired) electrons. The van der Waals surface area contributed by atoms with Gasteiger partial charge in [-0.1, -0.05) is 13.0 Å². The molecule has 2 aromatic rings. The van der Waals surface area contributed by atoms with Crippen molar-refractivity contribution in [2.24, 2.45) is 0 Å². The third-order valence-electron chi connectivity index (χ3n) is 2.30. The molecule has 1 heterocycles. The fraction of sp³-hybridized carbons (Fsp3) is 0.273. The van der Waals surface area contributed by atoms with Gasteiger partial charge >= 0.3 is 0 Å². The van der Waals surface area contributed by atoms with Gasteiger partial charge in [-0.15, -0.1) is 23.1 Å². The number of hydrogen-bond acceptors (Lipinski definition) is 3. The van der Waals surface area contributed by atoms with E-state index in [4.69, 9.17) is 5.73 Å². The van der Waals surface area contributed by atoms with Gasteiger partial charge in [-0.05, 0) is 30.2 Å². The van der Waals surface area contributed by atoms with E-state index in [9.17, 15) is 0 Å². The van der Waals surface area contributed by atoms with Crippen molar-refractivity contribution in [1.82, 2.24) is 0 Å². The maximum atomic E-state index is 6.09. The first-order chi connectivity index (χ1) is 6.76. The average molecular weight is 223 g/mol. The average Bonchev–Trinajstić information content (AvgIpc) is 2.62. The van der Waals surface area contributed by atoms with E-state index in [0.29, 0.717) is 0 Å². The van der Waals surface area contributed by atoms with Gasteiger partial charge in [0.05, 0.1) is 10.4 Å². The first-order valence-corrected chi connectivity index (χ1v) is 6.65. The second-order valence-electron chi connectivity index (χ2n) is 3.17. The first kappa shape index (κ1) is 9.87. The second kappa shape index (κ2) is 3.83. The Morgan fingerprint density at radius 2 is 2.21 bits per heavy atom. The molecule has 0 aliphatic carbocycles. The second-order valence-corrected chi connectivity index (χ2v) is 5.15. The number of hydrogen-bond donors (Lipinski definition) is 1. The summed E-state index contributed by atoms with van der Waals surface area (Å²) < 4.78 is 1.24. The van der Waals surface area contributed by atoms with Crippen LogP contribution in [0, 0.1) is 0 Å². The first-order valence-electron chi connectivity index (χ1n) is 4.61. The molecule has 1 nitrogen and oxygen atoms in total. The predicted molar refractivity (Wildman–Crippen MR) is 67.4 cm³/mol. The zero-order valence-electron chi connectivity index (χ0n) is 8.33. The number of thiophene rings is 1. The third-order valence-corrected chi connectivity index (χ3v) is 4.43. The quantitative estimate of drug-likeness (QED) is 0.619. The molecule has 0 atom stereocenters. The maximum Gasteiger partial charge on any atom is 0.0633 e. The number of benzene rings is 1. The molecule has 2 N–H and O–H groups in total. The molecule has 0 spiro atoms. The fourth-order valence-corrected chi connectivity index (χ4v) is 3.16. The topological polar surface area (TPSA) is 26.0 Å². The van der Waals surface area contributed by atoms with Crippen LogP contribution in [-0.4, -0.2) is 6.26 Å². The Labute approximate surface area is 92.3 Å². The number of nitrogen functional groups attached to an aromatic ring is 1. The van der Waals surface area contributed by atoms with Gasteiger partial charge in [0.1, 0.15) is 0 Å². The standard InChI is InChI=1S/C11H13NS2/c1-3-8-6-7-4-5-9(13-2)10(12)11(7)14-8/h4-6H,3,12H2,1-2H3. The van der Waals surface area contributed by atoms with Crippen molar-refractivity contribution in [3.8, 4) is 0 Å². The van der Waals surface area contributed by atoms with E-state index in [1.807, 2.05) is 11.3 Å². The number of nitrogens with two attached hydrogens (primary N) is 1. The zero-order valence-corrected chi connectivity index (χ0v) is 9.97. The fourth-order valence-electron chi connectivity index (χ4n) is 1.51. The number of anilines is 1. The van der Waals surface area contributed by atoms with Gasteiger partial charge in [-0.3, -0.25) is 0 Å². The van der Waals surface area contributed by atoms with Crippen molar-refractivity contribution in [1.29, 1.82) is 0 Å². The molecule has 0 unspecified atom stereocenters. The lowest BCUT2D eigenvalue weighted by atomic mass is 10.2. The van der Waals surface area contributed by atoms with Crippen molar-refractivity contribution >= 4 is 38.9 Å². The molecule has 3 heteroatoms. The summed E-state index contributed by atoms with van der Waals surface area (Å²) >= 11 is 3.52. The summed E-state index contributed by atoms with van der Waals surface area (Å²) in [5, 5.41) is 1.28. The van der Waals surface area contributed by atoms with E-state index in [1.54, 1.807) is 11.8 Å². The van der Waals surface area contributed by atoms with Crippen LogP contribution in [0.15, 0.2) is 23.1 Å². The van der Waals surface area contributed by atoms with E-state index in [-0.39, 0.29) is 0 Å². The van der Waals surface area contributed by atoms with Crippen LogP contribution in [0.3, 0.4) is 0 Å². The highest BCUT2D eigenvalue weighted by molar-refractivity contribution is 7.98. The molecule has 0 fully saturated rings. The third kappa shape index (κ3) is 1.51. The Balaban J connectivity index is 2.68. The number of fused-ring (bicyclic) bond motifs is 1. The molecule has 14 heavy (non-hydrogen) atoms. The molecule has 0 saturated heterocycles. The Morgan fingerprint density at radius 1 is 1.43 bits per heavy atom. The van der Waals surface area contributed by atoms with Crippen LogP contribution in [0.2, 0.25) is 0 Å². The molecule has 74 valence electrons. The molecule has 1 aromatic carbocycles. The van der Waals surface area contributed by atoms with Gasteiger partial charge < -0.3 is 5.73 Å². The van der Waals surface area contributed by atoms with Crippen LogP contribution in [0.4, 0.5) is 5.69 Å². The van der Waals surface area contributed by atoms with Crippen molar-refractivity contribution in [2.75, 3.05) is 12.0 Å².